The minimum absolute atomic E-state index is 0.0282. The molecule has 1 atom stereocenters. The Morgan fingerprint density at radius 1 is 0.890 bits per heavy atom. The molecule has 16 heteroatoms. The zero-order chi connectivity index (χ0) is 50.8. The third-order valence-electron chi connectivity index (χ3n) is 16.5. The number of aromatic nitrogens is 4. The lowest BCUT2D eigenvalue weighted by Gasteiger charge is -2.47. The van der Waals surface area contributed by atoms with E-state index >= 15 is 0 Å². The lowest BCUT2D eigenvalue weighted by molar-refractivity contribution is -0.138. The van der Waals surface area contributed by atoms with Gasteiger partial charge in [0.25, 0.3) is 11.5 Å². The van der Waals surface area contributed by atoms with Gasteiger partial charge in [-0.25, -0.2) is 19.2 Å². The highest BCUT2D eigenvalue weighted by molar-refractivity contribution is 7.10. The van der Waals surface area contributed by atoms with Crippen LogP contribution >= 0.6 is 11.3 Å². The predicted molar refractivity (Wildman–Crippen MR) is 285 cm³/mol. The molecule has 14 nitrogen and oxygen atoms in total. The number of carbonyl (C=O) groups is 2. The molecule has 4 fully saturated rings. The Kier molecular flexibility index (Phi) is 15.0. The van der Waals surface area contributed by atoms with Gasteiger partial charge in [-0.3, -0.25) is 28.8 Å². The molecule has 3 aromatic heterocycles. The number of H-pyrrole nitrogens is 1. The molecule has 5 heterocycles. The standard InChI is InChI=1S/C57H68FN9O5S/c1-36(51-30-43(35-73-51)44-8-6-5-7-42(44)33-59-3)60-53-46-31-45(50(72-4)32-48(46)61-37(2)62-53)39-9-11-40(12-10-39)54(69)66-27-25-64(26-28-66)34-38-15-18-57(19-16-38)20-23-65(24-21-57)55(70)41-13-14-47(58)49(29-41)67-22-17-52(68)63-56(67)71/h5-8,13-14,17,22,29-32,35-36,38-40,59H,9-12,15-16,18-21,23-28,33-34H2,1-4H3,(H,60,61,62)(H,63,68,71)/t36-,39?,40?/m1/s1. The van der Waals surface area contributed by atoms with Gasteiger partial charge < -0.3 is 25.2 Å². The molecule has 0 unspecified atom stereocenters. The Morgan fingerprint density at radius 3 is 2.37 bits per heavy atom. The van der Waals surface area contributed by atoms with Crippen LogP contribution in [-0.4, -0.2) is 106 Å². The van der Waals surface area contributed by atoms with Crippen LogP contribution in [0.1, 0.15) is 115 Å². The average molecular weight is 1010 g/mol. The number of hydrogen-bond donors (Lipinski definition) is 3. The van der Waals surface area contributed by atoms with Crippen molar-refractivity contribution in [1.29, 1.82) is 0 Å². The summed E-state index contributed by atoms with van der Waals surface area (Å²) < 4.78 is 21.8. The number of ether oxygens (including phenoxy) is 1. The fourth-order valence-corrected chi connectivity index (χ4v) is 13.2. The number of carbonyl (C=O) groups excluding carboxylic acids is 2. The molecule has 1 spiro atoms. The van der Waals surface area contributed by atoms with Gasteiger partial charge in [0.1, 0.15) is 23.2 Å². The number of aromatic amines is 1. The van der Waals surface area contributed by atoms with Gasteiger partial charge in [0, 0.05) is 92.4 Å². The van der Waals surface area contributed by atoms with E-state index in [9.17, 15) is 23.6 Å². The molecule has 2 saturated carbocycles. The number of benzene rings is 3. The van der Waals surface area contributed by atoms with Crippen molar-refractivity contribution in [1.82, 2.24) is 39.5 Å². The minimum Gasteiger partial charge on any atom is -0.496 e. The van der Waals surface area contributed by atoms with E-state index in [0.29, 0.717) is 36.3 Å². The number of piperazine rings is 1. The number of halogens is 1. The molecule has 384 valence electrons. The first-order valence-electron chi connectivity index (χ1n) is 26.2. The number of methoxy groups -OCH3 is 1. The van der Waals surface area contributed by atoms with Gasteiger partial charge in [-0.2, -0.15) is 0 Å². The second-order valence-corrected chi connectivity index (χ2v) is 22.0. The van der Waals surface area contributed by atoms with Crippen LogP contribution in [0.5, 0.6) is 5.75 Å². The zero-order valence-electron chi connectivity index (χ0n) is 42.6. The lowest BCUT2D eigenvalue weighted by atomic mass is 9.65. The van der Waals surface area contributed by atoms with Gasteiger partial charge in [0.2, 0.25) is 5.91 Å². The van der Waals surface area contributed by atoms with Gasteiger partial charge in [0.05, 0.1) is 24.4 Å². The normalized spacial score (nSPS) is 20.1. The molecule has 3 aromatic carbocycles. The van der Waals surface area contributed by atoms with E-state index in [1.165, 1.54) is 58.8 Å². The van der Waals surface area contributed by atoms with E-state index in [-0.39, 0.29) is 34.9 Å². The number of aryl methyl sites for hydroxylation is 1. The van der Waals surface area contributed by atoms with Gasteiger partial charge in [-0.15, -0.1) is 11.3 Å². The first-order chi connectivity index (χ1) is 35.4. The quantitative estimate of drug-likeness (QED) is 0.102. The molecular weight excluding hydrogens is 942 g/mol. The number of piperidine rings is 1. The van der Waals surface area contributed by atoms with Crippen molar-refractivity contribution in [3.63, 3.8) is 0 Å². The molecule has 2 saturated heterocycles. The maximum absolute atomic E-state index is 14.8. The second-order valence-electron chi connectivity index (χ2n) is 21.1. The largest absolute Gasteiger partial charge is 0.496 e. The highest BCUT2D eigenvalue weighted by Gasteiger charge is 2.40. The van der Waals surface area contributed by atoms with Crippen molar-refractivity contribution in [2.24, 2.45) is 17.3 Å². The van der Waals surface area contributed by atoms with Gasteiger partial charge in [-0.1, -0.05) is 24.3 Å². The van der Waals surface area contributed by atoms with Gasteiger partial charge >= 0.3 is 5.69 Å². The Morgan fingerprint density at radius 2 is 1.64 bits per heavy atom. The van der Waals surface area contributed by atoms with Crippen LogP contribution in [0.2, 0.25) is 0 Å². The van der Waals surface area contributed by atoms with Crippen molar-refractivity contribution < 1.29 is 18.7 Å². The smallest absolute Gasteiger partial charge is 0.333 e. The fourth-order valence-electron chi connectivity index (χ4n) is 12.2. The van der Waals surface area contributed by atoms with Crippen LogP contribution < -0.4 is 26.6 Å². The van der Waals surface area contributed by atoms with E-state index < -0.39 is 17.1 Å². The topological polar surface area (TPSA) is 158 Å². The molecule has 2 aliphatic heterocycles. The summed E-state index contributed by atoms with van der Waals surface area (Å²) in [7, 11) is 3.71. The maximum atomic E-state index is 14.8. The SMILES string of the molecule is CNCc1ccccc1-c1csc([C@@H](C)Nc2nc(C)nc3cc(OC)c(C4CCC(C(=O)N5CCN(CC6CCC7(CC6)CCN(C(=O)c6ccc(F)c(-n8ccc(=O)[nH]c8=O)c6)CC7)CC5)CC4)cc23)c1. The zero-order valence-corrected chi connectivity index (χ0v) is 43.4. The number of thiophene rings is 1. The monoisotopic (exact) mass is 1010 g/mol. The molecule has 6 aromatic rings. The molecule has 10 rings (SSSR count). The summed E-state index contributed by atoms with van der Waals surface area (Å²) in [4.78, 5) is 71.2. The number of nitrogens with one attached hydrogen (secondary N) is 3. The Bertz CT molecular complexity index is 3080. The van der Waals surface area contributed by atoms with Crippen molar-refractivity contribution in [2.45, 2.75) is 96.6 Å². The Labute approximate surface area is 430 Å². The summed E-state index contributed by atoms with van der Waals surface area (Å²) in [5.41, 5.74) is 4.89. The lowest BCUT2D eigenvalue weighted by Crippen LogP contribution is -2.52. The summed E-state index contributed by atoms with van der Waals surface area (Å²) in [6.45, 7) is 10.7. The van der Waals surface area contributed by atoms with E-state index in [4.69, 9.17) is 14.7 Å². The Hall–Kier alpha value is -6.23. The first-order valence-corrected chi connectivity index (χ1v) is 27.1. The van der Waals surface area contributed by atoms with Crippen molar-refractivity contribution in [3.8, 4) is 22.6 Å². The van der Waals surface area contributed by atoms with Crippen LogP contribution in [0.15, 0.2) is 87.9 Å². The third kappa shape index (κ3) is 10.9. The van der Waals surface area contributed by atoms with E-state index in [2.05, 4.69) is 80.2 Å². The molecule has 0 bridgehead atoms. The number of fused-ring (bicyclic) bond motifs is 1. The third-order valence-corrected chi connectivity index (χ3v) is 17.6. The molecular formula is C57H68FN9O5S. The maximum Gasteiger partial charge on any atom is 0.333 e. The molecule has 3 N–H and O–H groups in total. The van der Waals surface area contributed by atoms with Crippen molar-refractivity contribution in [3.05, 3.63) is 132 Å². The van der Waals surface area contributed by atoms with Crippen LogP contribution in [0.4, 0.5) is 10.2 Å². The fraction of sp³-hybridized carbons (Fsp3) is 0.474. The summed E-state index contributed by atoms with van der Waals surface area (Å²) >= 11 is 1.76. The highest BCUT2D eigenvalue weighted by Crippen LogP contribution is 2.47. The number of rotatable bonds is 13. The molecule has 2 aliphatic carbocycles. The molecule has 2 amide bonds. The predicted octanol–water partition coefficient (Wildman–Crippen LogP) is 9.08. The minimum atomic E-state index is -0.763. The number of likely N-dealkylation sites (tertiary alicyclic amines) is 1. The summed E-state index contributed by atoms with van der Waals surface area (Å²) in [5.74, 6) is 2.77. The Balaban J connectivity index is 0.689. The van der Waals surface area contributed by atoms with Crippen LogP contribution in [0, 0.1) is 30.0 Å². The highest BCUT2D eigenvalue weighted by atomic mass is 32.1. The second kappa shape index (κ2) is 21.7. The molecule has 73 heavy (non-hydrogen) atoms. The average Bonchev–Trinajstić information content (AvgIpc) is 3.91. The van der Waals surface area contributed by atoms with Crippen molar-refractivity contribution >= 4 is 39.9 Å². The summed E-state index contributed by atoms with van der Waals surface area (Å²) in [5, 5.41) is 10.3. The van der Waals surface area contributed by atoms with E-state index in [1.54, 1.807) is 18.4 Å². The van der Waals surface area contributed by atoms with Gasteiger partial charge in [0.15, 0.2) is 0 Å². The van der Waals surface area contributed by atoms with Crippen LogP contribution in [-0.2, 0) is 11.3 Å². The van der Waals surface area contributed by atoms with Crippen LogP contribution in [0.25, 0.3) is 27.7 Å². The number of nitrogens with zero attached hydrogens (tertiary/aromatic N) is 6. The number of hydrogen-bond acceptors (Lipinski definition) is 11. The summed E-state index contributed by atoms with van der Waals surface area (Å²) in [6.07, 6.45) is 11.3. The van der Waals surface area contributed by atoms with E-state index in [0.717, 1.165) is 129 Å². The molecule has 4 aliphatic rings. The summed E-state index contributed by atoms with van der Waals surface area (Å²) in [6, 6.07) is 20.4. The molecule has 0 radical (unpaired) electrons. The van der Waals surface area contributed by atoms with Crippen molar-refractivity contribution in [2.75, 3.05) is 65.3 Å². The van der Waals surface area contributed by atoms with Gasteiger partial charge in [-0.05, 0) is 160 Å². The first kappa shape index (κ1) is 50.3. The van der Waals surface area contributed by atoms with E-state index in [1.807, 2.05) is 18.9 Å². The number of anilines is 1. The van der Waals surface area contributed by atoms with Crippen LogP contribution in [0.3, 0.4) is 0 Å². The number of amides is 2.